The predicted octanol–water partition coefficient (Wildman–Crippen LogP) is 3.59. The highest BCUT2D eigenvalue weighted by molar-refractivity contribution is 5.89. The van der Waals surface area contributed by atoms with Crippen molar-refractivity contribution in [2.24, 2.45) is 5.92 Å². The average molecular weight is 421 g/mol. The van der Waals surface area contributed by atoms with E-state index in [0.717, 1.165) is 61.6 Å². The van der Waals surface area contributed by atoms with Crippen LogP contribution in [0.4, 0.5) is 5.82 Å². The van der Waals surface area contributed by atoms with Crippen LogP contribution in [0.1, 0.15) is 23.2 Å². The van der Waals surface area contributed by atoms with E-state index >= 15 is 0 Å². The molecule has 3 heterocycles. The quantitative estimate of drug-likeness (QED) is 0.583. The minimum atomic E-state index is -0.331. The molecule has 0 aliphatic carbocycles. The second-order valence-corrected chi connectivity index (χ2v) is 8.37. The number of nitrogens with zero attached hydrogens (tertiary/aromatic N) is 3. The zero-order valence-electron chi connectivity index (χ0n) is 17.7. The third kappa shape index (κ3) is 4.10. The van der Waals surface area contributed by atoms with Crippen LogP contribution in [0.2, 0.25) is 0 Å². The van der Waals surface area contributed by atoms with Gasteiger partial charge < -0.3 is 18.9 Å². The predicted molar refractivity (Wildman–Crippen MR) is 118 cm³/mol. The summed E-state index contributed by atoms with van der Waals surface area (Å²) in [6, 6.07) is 15.8. The number of carbonyl (C=O) groups excluding carboxylic acids is 1. The maximum absolute atomic E-state index is 11.5. The molecule has 0 N–H and O–H groups in total. The maximum atomic E-state index is 11.5. The third-order valence-electron chi connectivity index (χ3n) is 6.42. The van der Waals surface area contributed by atoms with E-state index in [-0.39, 0.29) is 5.97 Å². The number of benzene rings is 2. The van der Waals surface area contributed by atoms with Crippen LogP contribution < -0.4 is 9.64 Å². The van der Waals surface area contributed by atoms with Crippen LogP contribution in [0.15, 0.2) is 53.1 Å². The van der Waals surface area contributed by atoms with Gasteiger partial charge in [-0.15, -0.1) is 0 Å². The standard InChI is InChI=1S/C24H27N3O4/c1-29-24(28)18-7-10-20(11-8-18)30-16-17-6-9-19-15-27(13-12-26(19)14-17)23-21-4-2-3-5-22(21)31-25-23/h2-5,7-8,10-11,17,19H,6,9,12-16H2,1H3/t17-,19+/m1/s1. The van der Waals surface area contributed by atoms with Gasteiger partial charge in [0.15, 0.2) is 11.4 Å². The van der Waals surface area contributed by atoms with E-state index in [4.69, 9.17) is 14.0 Å². The van der Waals surface area contributed by atoms with E-state index in [1.807, 2.05) is 30.3 Å². The van der Waals surface area contributed by atoms with Crippen molar-refractivity contribution in [1.82, 2.24) is 10.1 Å². The van der Waals surface area contributed by atoms with E-state index in [1.54, 1.807) is 12.1 Å². The molecule has 0 radical (unpaired) electrons. The number of hydrogen-bond acceptors (Lipinski definition) is 7. The fourth-order valence-electron chi connectivity index (χ4n) is 4.71. The number of para-hydroxylation sites is 1. The van der Waals surface area contributed by atoms with Gasteiger partial charge in [0.2, 0.25) is 0 Å². The van der Waals surface area contributed by atoms with Crippen LogP contribution in [0.5, 0.6) is 5.75 Å². The third-order valence-corrected chi connectivity index (χ3v) is 6.42. The second kappa shape index (κ2) is 8.59. The van der Waals surface area contributed by atoms with Gasteiger partial charge in [-0.25, -0.2) is 4.79 Å². The van der Waals surface area contributed by atoms with E-state index in [9.17, 15) is 4.79 Å². The molecule has 0 amide bonds. The van der Waals surface area contributed by atoms with E-state index in [2.05, 4.69) is 21.0 Å². The van der Waals surface area contributed by atoms with E-state index < -0.39 is 0 Å². The summed E-state index contributed by atoms with van der Waals surface area (Å²) in [6.45, 7) is 4.71. The van der Waals surface area contributed by atoms with Crippen LogP contribution in [0.25, 0.3) is 11.0 Å². The number of carbonyl (C=O) groups is 1. The molecule has 5 rings (SSSR count). The van der Waals surface area contributed by atoms with Gasteiger partial charge in [-0.2, -0.15) is 0 Å². The largest absolute Gasteiger partial charge is 0.493 e. The highest BCUT2D eigenvalue weighted by Gasteiger charge is 2.34. The van der Waals surface area contributed by atoms with Gasteiger partial charge in [0.05, 0.1) is 24.7 Å². The Balaban J connectivity index is 1.15. The molecular formula is C24H27N3O4. The molecule has 31 heavy (non-hydrogen) atoms. The molecule has 2 fully saturated rings. The number of anilines is 1. The van der Waals surface area contributed by atoms with Gasteiger partial charge in [-0.05, 0) is 49.2 Å². The Morgan fingerprint density at radius 3 is 2.77 bits per heavy atom. The molecule has 0 bridgehead atoms. The van der Waals surface area contributed by atoms with Gasteiger partial charge in [-0.3, -0.25) is 4.90 Å². The average Bonchev–Trinajstić information content (AvgIpc) is 3.26. The summed E-state index contributed by atoms with van der Waals surface area (Å²) in [4.78, 5) is 16.5. The van der Waals surface area contributed by atoms with Gasteiger partial charge in [0, 0.05) is 38.1 Å². The fourth-order valence-corrected chi connectivity index (χ4v) is 4.71. The lowest BCUT2D eigenvalue weighted by Gasteiger charge is -2.46. The van der Waals surface area contributed by atoms with Crippen LogP contribution in [-0.4, -0.2) is 62.0 Å². The fraction of sp³-hybridized carbons (Fsp3) is 0.417. The molecule has 2 aromatic carbocycles. The zero-order valence-corrected chi connectivity index (χ0v) is 17.7. The molecule has 0 saturated carbocycles. The highest BCUT2D eigenvalue weighted by atomic mass is 16.5. The number of piperazine rings is 1. The van der Waals surface area contributed by atoms with Gasteiger partial charge >= 0.3 is 5.97 Å². The first-order valence-corrected chi connectivity index (χ1v) is 10.9. The Morgan fingerprint density at radius 2 is 1.94 bits per heavy atom. The van der Waals surface area contributed by atoms with E-state index in [0.29, 0.717) is 24.1 Å². The Morgan fingerprint density at radius 1 is 1.10 bits per heavy atom. The van der Waals surface area contributed by atoms with Crippen LogP contribution in [0, 0.1) is 5.92 Å². The molecule has 2 aliphatic rings. The lowest BCUT2D eigenvalue weighted by molar-refractivity contribution is 0.0600. The Hall–Kier alpha value is -3.06. The van der Waals surface area contributed by atoms with Crippen molar-refractivity contribution in [1.29, 1.82) is 0 Å². The maximum Gasteiger partial charge on any atom is 0.337 e. The number of fused-ring (bicyclic) bond motifs is 2. The molecule has 2 saturated heterocycles. The van der Waals surface area contributed by atoms with Crippen LogP contribution in [0.3, 0.4) is 0 Å². The molecule has 3 aromatic rings. The summed E-state index contributed by atoms with van der Waals surface area (Å²) >= 11 is 0. The number of aromatic nitrogens is 1. The molecule has 7 nitrogen and oxygen atoms in total. The lowest BCUT2D eigenvalue weighted by Crippen LogP contribution is -2.57. The van der Waals surface area contributed by atoms with Crippen molar-refractivity contribution >= 4 is 22.8 Å². The smallest absolute Gasteiger partial charge is 0.337 e. The van der Waals surface area contributed by atoms with Crippen LogP contribution in [-0.2, 0) is 4.74 Å². The van der Waals surface area contributed by atoms with Crippen molar-refractivity contribution in [2.75, 3.05) is 44.8 Å². The number of methoxy groups -OCH3 is 1. The number of piperidine rings is 1. The van der Waals surface area contributed by atoms with Crippen molar-refractivity contribution in [3.05, 3.63) is 54.1 Å². The topological polar surface area (TPSA) is 68.0 Å². The number of hydrogen-bond donors (Lipinski definition) is 0. The first-order chi connectivity index (χ1) is 15.2. The highest BCUT2D eigenvalue weighted by Crippen LogP contribution is 2.31. The monoisotopic (exact) mass is 421 g/mol. The minimum Gasteiger partial charge on any atom is -0.493 e. The van der Waals surface area contributed by atoms with Gasteiger partial charge in [0.25, 0.3) is 0 Å². The van der Waals surface area contributed by atoms with Crippen molar-refractivity contribution in [3.63, 3.8) is 0 Å². The summed E-state index contributed by atoms with van der Waals surface area (Å²) in [5.74, 6) is 1.94. The van der Waals surface area contributed by atoms with Gasteiger partial charge in [0.1, 0.15) is 5.75 Å². The SMILES string of the molecule is COC(=O)c1ccc(OC[C@@H]2CC[C@H]3CN(c4noc5ccccc45)CCN3C2)cc1. The van der Waals surface area contributed by atoms with Crippen molar-refractivity contribution in [2.45, 2.75) is 18.9 Å². The summed E-state index contributed by atoms with van der Waals surface area (Å²) in [5.41, 5.74) is 1.38. The molecule has 2 aliphatic heterocycles. The molecule has 0 spiro atoms. The van der Waals surface area contributed by atoms with Gasteiger partial charge in [-0.1, -0.05) is 17.3 Å². The molecule has 1 aromatic heterocycles. The normalized spacial score (nSPS) is 21.6. The number of rotatable bonds is 5. The summed E-state index contributed by atoms with van der Waals surface area (Å²) in [5, 5.41) is 5.43. The Labute approximate surface area is 181 Å². The lowest BCUT2D eigenvalue weighted by atomic mass is 9.91. The summed E-state index contributed by atoms with van der Waals surface area (Å²) in [7, 11) is 1.39. The van der Waals surface area contributed by atoms with E-state index in [1.165, 1.54) is 7.11 Å². The first kappa shape index (κ1) is 19.9. The summed E-state index contributed by atoms with van der Waals surface area (Å²) < 4.78 is 16.3. The van der Waals surface area contributed by atoms with Crippen molar-refractivity contribution in [3.8, 4) is 5.75 Å². The molecule has 162 valence electrons. The van der Waals surface area contributed by atoms with Crippen molar-refractivity contribution < 1.29 is 18.8 Å². The number of ether oxygens (including phenoxy) is 2. The first-order valence-electron chi connectivity index (χ1n) is 10.9. The minimum absolute atomic E-state index is 0.331. The molecule has 7 heteroatoms. The zero-order chi connectivity index (χ0) is 21.2. The Kier molecular flexibility index (Phi) is 5.51. The van der Waals surface area contributed by atoms with Crippen LogP contribution >= 0.6 is 0 Å². The molecule has 2 atom stereocenters. The molecular weight excluding hydrogens is 394 g/mol. The number of esters is 1. The molecule has 0 unspecified atom stereocenters. The Bertz CT molecular complexity index is 1050. The second-order valence-electron chi connectivity index (χ2n) is 8.37. The summed E-state index contributed by atoms with van der Waals surface area (Å²) in [6.07, 6.45) is 2.30.